The molecule has 0 heterocycles. The minimum absolute atomic E-state index is 0.249. The average molecular weight is 354 g/mol. The van der Waals surface area contributed by atoms with E-state index in [1.807, 2.05) is 54.6 Å². The second-order valence-corrected chi connectivity index (χ2v) is 6.32. The van der Waals surface area contributed by atoms with Gasteiger partial charge in [-0.1, -0.05) is 44.2 Å². The van der Waals surface area contributed by atoms with Crippen LogP contribution in [0.3, 0.4) is 0 Å². The number of benzene rings is 2. The highest BCUT2D eigenvalue weighted by atomic mass is 32.1. The van der Waals surface area contributed by atoms with Crippen molar-refractivity contribution >= 4 is 35.0 Å². The Balaban J connectivity index is 1.81. The van der Waals surface area contributed by atoms with Gasteiger partial charge >= 0.3 is 0 Å². The van der Waals surface area contributed by atoms with Crippen molar-refractivity contribution in [2.75, 3.05) is 11.9 Å². The van der Waals surface area contributed by atoms with Gasteiger partial charge in [0.15, 0.2) is 5.11 Å². The maximum Gasteiger partial charge on any atom is 0.250 e. The molecule has 4 nitrogen and oxygen atoms in total. The van der Waals surface area contributed by atoms with Gasteiger partial charge in [0.05, 0.1) is 6.61 Å². The number of ether oxygens (including phenoxy) is 1. The Labute approximate surface area is 153 Å². The summed E-state index contributed by atoms with van der Waals surface area (Å²) in [5.74, 6) is 1.00. The number of hydrogen-bond acceptors (Lipinski definition) is 3. The van der Waals surface area contributed by atoms with Crippen LogP contribution in [0.1, 0.15) is 19.4 Å². The molecule has 5 heteroatoms. The molecular formula is C20H22N2O2S. The molecule has 2 rings (SSSR count). The van der Waals surface area contributed by atoms with Crippen LogP contribution >= 0.6 is 12.2 Å². The van der Waals surface area contributed by atoms with Crippen LogP contribution in [0.5, 0.6) is 5.75 Å². The number of nitrogens with one attached hydrogen (secondary N) is 2. The van der Waals surface area contributed by atoms with Crippen molar-refractivity contribution in [2.45, 2.75) is 13.8 Å². The quantitative estimate of drug-likeness (QED) is 0.601. The van der Waals surface area contributed by atoms with Crippen LogP contribution < -0.4 is 15.4 Å². The van der Waals surface area contributed by atoms with Crippen molar-refractivity contribution < 1.29 is 9.53 Å². The highest BCUT2D eigenvalue weighted by molar-refractivity contribution is 7.80. The monoisotopic (exact) mass is 354 g/mol. The molecule has 2 aromatic carbocycles. The Morgan fingerprint density at radius 1 is 1.12 bits per heavy atom. The summed E-state index contributed by atoms with van der Waals surface area (Å²) in [6, 6.07) is 17.0. The number of carbonyl (C=O) groups is 1. The summed E-state index contributed by atoms with van der Waals surface area (Å²) < 4.78 is 5.63. The predicted molar refractivity (Wildman–Crippen MR) is 107 cm³/mol. The second kappa shape index (κ2) is 9.59. The third-order valence-electron chi connectivity index (χ3n) is 3.16. The van der Waals surface area contributed by atoms with Crippen molar-refractivity contribution in [3.63, 3.8) is 0 Å². The summed E-state index contributed by atoms with van der Waals surface area (Å²) in [5, 5.41) is 5.84. The maximum absolute atomic E-state index is 11.9. The molecule has 2 aromatic rings. The van der Waals surface area contributed by atoms with E-state index in [2.05, 4.69) is 24.5 Å². The predicted octanol–water partition coefficient (Wildman–Crippen LogP) is 4.25. The van der Waals surface area contributed by atoms with E-state index in [4.69, 9.17) is 17.0 Å². The molecule has 0 aliphatic rings. The second-order valence-electron chi connectivity index (χ2n) is 5.92. The van der Waals surface area contributed by atoms with Gasteiger partial charge in [-0.25, -0.2) is 0 Å². The first-order valence-electron chi connectivity index (χ1n) is 8.11. The molecule has 0 saturated heterocycles. The van der Waals surface area contributed by atoms with E-state index in [0.717, 1.165) is 17.0 Å². The van der Waals surface area contributed by atoms with Crippen molar-refractivity contribution in [1.29, 1.82) is 0 Å². The van der Waals surface area contributed by atoms with Crippen LogP contribution in [0.25, 0.3) is 6.08 Å². The normalized spacial score (nSPS) is 10.7. The first-order valence-corrected chi connectivity index (χ1v) is 8.51. The van der Waals surface area contributed by atoms with Gasteiger partial charge in [-0.15, -0.1) is 0 Å². The minimum Gasteiger partial charge on any atom is -0.493 e. The van der Waals surface area contributed by atoms with E-state index < -0.39 is 0 Å². The molecule has 0 atom stereocenters. The van der Waals surface area contributed by atoms with E-state index in [0.29, 0.717) is 12.5 Å². The summed E-state index contributed by atoms with van der Waals surface area (Å²) in [6.45, 7) is 4.88. The van der Waals surface area contributed by atoms with Gasteiger partial charge in [0.1, 0.15) is 5.75 Å². The van der Waals surface area contributed by atoms with Crippen LogP contribution in [0.2, 0.25) is 0 Å². The number of anilines is 1. The van der Waals surface area contributed by atoms with E-state index in [1.165, 1.54) is 6.08 Å². The van der Waals surface area contributed by atoms with Gasteiger partial charge in [-0.3, -0.25) is 10.1 Å². The maximum atomic E-state index is 11.9. The number of rotatable bonds is 6. The molecule has 2 N–H and O–H groups in total. The molecule has 0 aromatic heterocycles. The van der Waals surface area contributed by atoms with E-state index in [1.54, 1.807) is 6.08 Å². The highest BCUT2D eigenvalue weighted by Crippen LogP contribution is 2.16. The number of amides is 1. The molecule has 0 fully saturated rings. The Bertz CT molecular complexity index is 725. The van der Waals surface area contributed by atoms with Crippen molar-refractivity contribution in [1.82, 2.24) is 5.32 Å². The lowest BCUT2D eigenvalue weighted by Gasteiger charge is -2.11. The average Bonchev–Trinajstić information content (AvgIpc) is 2.60. The fraction of sp³-hybridized carbons (Fsp3) is 0.200. The Kier molecular flexibility index (Phi) is 7.16. The van der Waals surface area contributed by atoms with Crippen LogP contribution in [-0.2, 0) is 4.79 Å². The molecule has 1 amide bonds. The van der Waals surface area contributed by atoms with Crippen molar-refractivity contribution in [3.05, 3.63) is 66.2 Å². The smallest absolute Gasteiger partial charge is 0.250 e. The standard InChI is InChI=1S/C20H22N2O2S/c1-15(2)14-24-18-11-9-17(10-12-18)21-20(25)22-19(23)13-8-16-6-4-3-5-7-16/h3-13,15H,14H2,1-2H3,(H2,21,22,23,25). The summed E-state index contributed by atoms with van der Waals surface area (Å²) in [7, 11) is 0. The van der Waals surface area contributed by atoms with Crippen molar-refractivity contribution in [2.24, 2.45) is 5.92 Å². The highest BCUT2D eigenvalue weighted by Gasteiger charge is 2.02. The van der Waals surface area contributed by atoms with Crippen LogP contribution in [-0.4, -0.2) is 17.6 Å². The Morgan fingerprint density at radius 3 is 2.44 bits per heavy atom. The topological polar surface area (TPSA) is 50.4 Å². The van der Waals surface area contributed by atoms with Gasteiger partial charge in [-0.05, 0) is 54.0 Å². The van der Waals surface area contributed by atoms with E-state index in [9.17, 15) is 4.79 Å². The summed E-state index contributed by atoms with van der Waals surface area (Å²) in [4.78, 5) is 11.9. The number of thiocarbonyl (C=S) groups is 1. The van der Waals surface area contributed by atoms with Crippen LogP contribution in [0.15, 0.2) is 60.7 Å². The van der Waals surface area contributed by atoms with Gasteiger partial charge in [0.25, 0.3) is 0 Å². The molecule has 0 saturated carbocycles. The third-order valence-corrected chi connectivity index (χ3v) is 3.36. The van der Waals surface area contributed by atoms with Crippen molar-refractivity contribution in [3.8, 4) is 5.75 Å². The fourth-order valence-corrected chi connectivity index (χ4v) is 2.17. The molecule has 0 radical (unpaired) electrons. The zero-order chi connectivity index (χ0) is 18.1. The Hall–Kier alpha value is -2.66. The summed E-state index contributed by atoms with van der Waals surface area (Å²) >= 11 is 5.15. The molecule has 130 valence electrons. The zero-order valence-electron chi connectivity index (χ0n) is 14.4. The van der Waals surface area contributed by atoms with Gasteiger partial charge < -0.3 is 10.1 Å². The number of carbonyl (C=O) groups excluding carboxylic acids is 1. The van der Waals surface area contributed by atoms with Crippen LogP contribution in [0, 0.1) is 5.92 Å². The van der Waals surface area contributed by atoms with E-state index in [-0.39, 0.29) is 11.0 Å². The molecule has 0 unspecified atom stereocenters. The first-order chi connectivity index (χ1) is 12.0. The molecule has 25 heavy (non-hydrogen) atoms. The Morgan fingerprint density at radius 2 is 1.80 bits per heavy atom. The minimum atomic E-state index is -0.279. The first kappa shape index (κ1) is 18.7. The lowest BCUT2D eigenvalue weighted by atomic mass is 10.2. The molecule has 0 bridgehead atoms. The summed E-state index contributed by atoms with van der Waals surface area (Å²) in [5.41, 5.74) is 1.74. The molecular weight excluding hydrogens is 332 g/mol. The van der Waals surface area contributed by atoms with Gasteiger partial charge in [0.2, 0.25) is 5.91 Å². The lowest BCUT2D eigenvalue weighted by molar-refractivity contribution is -0.115. The summed E-state index contributed by atoms with van der Waals surface area (Å²) in [6.07, 6.45) is 3.19. The molecule has 0 aliphatic carbocycles. The van der Waals surface area contributed by atoms with Crippen LogP contribution in [0.4, 0.5) is 5.69 Å². The third kappa shape index (κ3) is 7.18. The zero-order valence-corrected chi connectivity index (χ0v) is 15.2. The molecule has 0 spiro atoms. The van der Waals surface area contributed by atoms with E-state index >= 15 is 0 Å². The van der Waals surface area contributed by atoms with Gasteiger partial charge in [-0.2, -0.15) is 0 Å². The molecule has 0 aliphatic heterocycles. The van der Waals surface area contributed by atoms with Gasteiger partial charge in [0, 0.05) is 11.8 Å². The fourth-order valence-electron chi connectivity index (χ4n) is 1.95. The number of hydrogen-bond donors (Lipinski definition) is 2. The SMILES string of the molecule is CC(C)COc1ccc(NC(=S)NC(=O)C=Cc2ccccc2)cc1. The lowest BCUT2D eigenvalue weighted by Crippen LogP contribution is -2.32. The largest absolute Gasteiger partial charge is 0.493 e.